The van der Waals surface area contributed by atoms with E-state index in [1.165, 1.54) is 24.5 Å². The minimum Gasteiger partial charge on any atom is -0.494 e. The Balaban J connectivity index is 1.73. The van der Waals surface area contributed by atoms with Crippen LogP contribution in [0, 0.1) is 0 Å². The molecule has 2 aromatic carbocycles. The van der Waals surface area contributed by atoms with E-state index in [0.717, 1.165) is 14.9 Å². The van der Waals surface area contributed by atoms with Gasteiger partial charge in [-0.25, -0.2) is 4.98 Å². The SMILES string of the molecule is COc1cc(=O)n(-c2ccccc2)nc1C(=O)Nc1nc2ccccc2s1. The number of hydrogen-bond donors (Lipinski definition) is 1. The minimum absolute atomic E-state index is 0.000194. The Hall–Kier alpha value is -3.52. The van der Waals surface area contributed by atoms with Crippen molar-refractivity contribution in [2.45, 2.75) is 0 Å². The molecule has 0 saturated carbocycles. The van der Waals surface area contributed by atoms with Gasteiger partial charge >= 0.3 is 0 Å². The Morgan fingerprint density at radius 1 is 1.11 bits per heavy atom. The van der Waals surface area contributed by atoms with Crippen LogP contribution in [0.15, 0.2) is 65.5 Å². The van der Waals surface area contributed by atoms with Gasteiger partial charge in [-0.05, 0) is 24.3 Å². The van der Waals surface area contributed by atoms with Crippen LogP contribution in [0.5, 0.6) is 5.75 Å². The highest BCUT2D eigenvalue weighted by Crippen LogP contribution is 2.26. The van der Waals surface area contributed by atoms with Crippen molar-refractivity contribution in [2.24, 2.45) is 0 Å². The minimum atomic E-state index is -0.504. The van der Waals surface area contributed by atoms with Crippen LogP contribution in [0.2, 0.25) is 0 Å². The van der Waals surface area contributed by atoms with Crippen molar-refractivity contribution in [2.75, 3.05) is 12.4 Å². The third kappa shape index (κ3) is 3.30. The van der Waals surface area contributed by atoms with Crippen LogP contribution in [-0.2, 0) is 0 Å². The number of benzene rings is 2. The van der Waals surface area contributed by atoms with E-state index in [2.05, 4.69) is 15.4 Å². The van der Waals surface area contributed by atoms with Crippen LogP contribution in [0.4, 0.5) is 5.13 Å². The van der Waals surface area contributed by atoms with Gasteiger partial charge in [0.2, 0.25) is 0 Å². The van der Waals surface area contributed by atoms with E-state index in [-0.39, 0.29) is 11.4 Å². The van der Waals surface area contributed by atoms with Gasteiger partial charge in [0, 0.05) is 0 Å². The van der Waals surface area contributed by atoms with E-state index >= 15 is 0 Å². The molecule has 0 aliphatic heterocycles. The first kappa shape index (κ1) is 16.9. The number of ether oxygens (including phenoxy) is 1. The molecule has 4 rings (SSSR count). The molecule has 134 valence electrons. The first-order valence-electron chi connectivity index (χ1n) is 8.06. The average molecular weight is 378 g/mol. The molecule has 0 aliphatic rings. The first-order chi connectivity index (χ1) is 13.2. The molecule has 0 spiro atoms. The topological polar surface area (TPSA) is 86.1 Å². The molecule has 8 heteroatoms. The smallest absolute Gasteiger partial charge is 0.281 e. The Labute approximate surface area is 157 Å². The molecule has 7 nitrogen and oxygen atoms in total. The molecule has 0 bridgehead atoms. The fraction of sp³-hybridized carbons (Fsp3) is 0.0526. The summed E-state index contributed by atoms with van der Waals surface area (Å²) in [5, 5.41) is 7.39. The van der Waals surface area contributed by atoms with Gasteiger partial charge in [0.25, 0.3) is 11.5 Å². The highest BCUT2D eigenvalue weighted by molar-refractivity contribution is 7.22. The van der Waals surface area contributed by atoms with Crippen molar-refractivity contribution in [1.82, 2.24) is 14.8 Å². The van der Waals surface area contributed by atoms with Crippen molar-refractivity contribution >= 4 is 32.6 Å². The number of thiazole rings is 1. The summed E-state index contributed by atoms with van der Waals surface area (Å²) < 4.78 is 7.30. The highest BCUT2D eigenvalue weighted by Gasteiger charge is 2.19. The fourth-order valence-corrected chi connectivity index (χ4v) is 3.45. The van der Waals surface area contributed by atoms with Gasteiger partial charge in [-0.2, -0.15) is 9.78 Å². The summed E-state index contributed by atoms with van der Waals surface area (Å²) in [5.74, 6) is -0.402. The number of nitrogens with one attached hydrogen (secondary N) is 1. The van der Waals surface area contributed by atoms with E-state index in [1.54, 1.807) is 24.3 Å². The average Bonchev–Trinajstić information content (AvgIpc) is 3.10. The van der Waals surface area contributed by atoms with Crippen molar-refractivity contribution < 1.29 is 9.53 Å². The van der Waals surface area contributed by atoms with Crippen molar-refractivity contribution in [3.63, 3.8) is 0 Å². The summed E-state index contributed by atoms with van der Waals surface area (Å²) in [7, 11) is 1.39. The van der Waals surface area contributed by atoms with Crippen LogP contribution < -0.4 is 15.6 Å². The quantitative estimate of drug-likeness (QED) is 0.590. The highest BCUT2D eigenvalue weighted by atomic mass is 32.1. The zero-order chi connectivity index (χ0) is 18.8. The molecule has 0 unspecified atom stereocenters. The molecule has 2 heterocycles. The third-order valence-electron chi connectivity index (χ3n) is 3.85. The van der Waals surface area contributed by atoms with Gasteiger partial charge in [0.15, 0.2) is 16.6 Å². The number of amides is 1. The maximum atomic E-state index is 12.8. The van der Waals surface area contributed by atoms with Crippen LogP contribution in [-0.4, -0.2) is 27.8 Å². The van der Waals surface area contributed by atoms with Crippen molar-refractivity contribution in [3.05, 3.63) is 76.7 Å². The number of methoxy groups -OCH3 is 1. The van der Waals surface area contributed by atoms with Gasteiger partial charge in [0.1, 0.15) is 0 Å². The number of aromatic nitrogens is 3. The molecule has 0 fully saturated rings. The molecule has 0 radical (unpaired) electrons. The molecule has 1 amide bonds. The number of hydrogen-bond acceptors (Lipinski definition) is 6. The van der Waals surface area contributed by atoms with E-state index < -0.39 is 11.5 Å². The second-order valence-electron chi connectivity index (χ2n) is 5.59. The van der Waals surface area contributed by atoms with Crippen molar-refractivity contribution in [1.29, 1.82) is 0 Å². The normalized spacial score (nSPS) is 10.7. The van der Waals surface area contributed by atoms with E-state index in [1.807, 2.05) is 30.3 Å². The molecule has 4 aromatic rings. The van der Waals surface area contributed by atoms with Crippen LogP contribution in [0.3, 0.4) is 0 Å². The lowest BCUT2D eigenvalue weighted by molar-refractivity contribution is 0.101. The number of para-hydroxylation sites is 2. The maximum absolute atomic E-state index is 12.8. The number of carbonyl (C=O) groups excluding carboxylic acids is 1. The Bertz CT molecular complexity index is 1150. The zero-order valence-electron chi connectivity index (χ0n) is 14.2. The molecular weight excluding hydrogens is 364 g/mol. The summed E-state index contributed by atoms with van der Waals surface area (Å²) in [6.45, 7) is 0. The second-order valence-corrected chi connectivity index (χ2v) is 6.62. The number of rotatable bonds is 4. The van der Waals surface area contributed by atoms with Gasteiger partial charge < -0.3 is 4.74 Å². The number of nitrogens with zero attached hydrogens (tertiary/aromatic N) is 3. The van der Waals surface area contributed by atoms with Crippen molar-refractivity contribution in [3.8, 4) is 11.4 Å². The Morgan fingerprint density at radius 2 is 1.85 bits per heavy atom. The molecule has 1 N–H and O–H groups in total. The lowest BCUT2D eigenvalue weighted by Crippen LogP contribution is -2.26. The molecular formula is C19H14N4O3S. The number of fused-ring (bicyclic) bond motifs is 1. The lowest BCUT2D eigenvalue weighted by Gasteiger charge is -2.10. The van der Waals surface area contributed by atoms with Gasteiger partial charge in [0.05, 0.1) is 29.1 Å². The Morgan fingerprint density at radius 3 is 2.59 bits per heavy atom. The Kier molecular flexibility index (Phi) is 4.39. The van der Waals surface area contributed by atoms with E-state index in [0.29, 0.717) is 10.8 Å². The van der Waals surface area contributed by atoms with E-state index in [9.17, 15) is 9.59 Å². The predicted octanol–water partition coefficient (Wildman–Crippen LogP) is 3.10. The van der Waals surface area contributed by atoms with Gasteiger partial charge in [-0.3, -0.25) is 14.9 Å². The first-order valence-corrected chi connectivity index (χ1v) is 8.88. The van der Waals surface area contributed by atoms with Gasteiger partial charge in [-0.1, -0.05) is 41.7 Å². The fourth-order valence-electron chi connectivity index (χ4n) is 2.59. The molecule has 2 aromatic heterocycles. The summed E-state index contributed by atoms with van der Waals surface area (Å²) in [4.78, 5) is 29.5. The number of anilines is 1. The van der Waals surface area contributed by atoms with Crippen LogP contribution in [0.1, 0.15) is 10.5 Å². The number of carbonyl (C=O) groups is 1. The summed E-state index contributed by atoms with van der Waals surface area (Å²) >= 11 is 1.36. The van der Waals surface area contributed by atoms with Crippen LogP contribution in [0.25, 0.3) is 15.9 Å². The summed E-state index contributed by atoms with van der Waals surface area (Å²) in [5.41, 5.74) is 0.959. The maximum Gasteiger partial charge on any atom is 0.281 e. The van der Waals surface area contributed by atoms with Crippen LogP contribution >= 0.6 is 11.3 Å². The second kappa shape index (κ2) is 7.00. The largest absolute Gasteiger partial charge is 0.494 e. The molecule has 27 heavy (non-hydrogen) atoms. The molecule has 0 atom stereocenters. The predicted molar refractivity (Wildman–Crippen MR) is 104 cm³/mol. The molecule has 0 saturated heterocycles. The van der Waals surface area contributed by atoms with Gasteiger partial charge in [-0.15, -0.1) is 0 Å². The standard InChI is InChI=1S/C19H14N4O3S/c1-26-14-11-16(24)23(12-7-3-2-4-8-12)22-17(14)18(25)21-19-20-13-9-5-6-10-15(13)27-19/h2-11H,1H3,(H,20,21,25). The monoisotopic (exact) mass is 378 g/mol. The van der Waals surface area contributed by atoms with E-state index in [4.69, 9.17) is 4.74 Å². The molecule has 0 aliphatic carbocycles. The summed E-state index contributed by atoms with van der Waals surface area (Å²) in [6, 6.07) is 17.7. The third-order valence-corrected chi connectivity index (χ3v) is 4.80. The summed E-state index contributed by atoms with van der Waals surface area (Å²) in [6.07, 6.45) is 0. The lowest BCUT2D eigenvalue weighted by atomic mass is 10.3. The zero-order valence-corrected chi connectivity index (χ0v) is 15.1.